The molecule has 0 saturated heterocycles. The molecule has 3 aromatic carbocycles. The number of benzene rings is 3. The Hall–Kier alpha value is -3.80. The van der Waals surface area contributed by atoms with E-state index in [2.05, 4.69) is 16.0 Å². The quantitative estimate of drug-likeness (QED) is 0.569. The molecule has 28 heavy (non-hydrogen) atoms. The number of hydrogen-bond donors (Lipinski definition) is 3. The molecule has 0 saturated carbocycles. The largest absolute Gasteiger partial charge is 0.457 e. The summed E-state index contributed by atoms with van der Waals surface area (Å²) in [7, 11) is 0. The maximum Gasteiger partial charge on any atom is 0.243 e. The van der Waals surface area contributed by atoms with Crippen molar-refractivity contribution in [3.8, 4) is 11.5 Å². The van der Waals surface area contributed by atoms with Crippen molar-refractivity contribution in [2.45, 2.75) is 6.92 Å². The lowest BCUT2D eigenvalue weighted by Crippen LogP contribution is -2.21. The summed E-state index contributed by atoms with van der Waals surface area (Å²) >= 11 is 0. The molecule has 3 N–H and O–H groups in total. The molecule has 3 aromatic rings. The van der Waals surface area contributed by atoms with Gasteiger partial charge in [-0.05, 0) is 60.7 Å². The normalized spacial score (nSPS) is 10.0. The van der Waals surface area contributed by atoms with E-state index in [1.165, 1.54) is 6.92 Å². The lowest BCUT2D eigenvalue weighted by atomic mass is 10.2. The predicted molar refractivity (Wildman–Crippen MR) is 111 cm³/mol. The van der Waals surface area contributed by atoms with E-state index in [0.29, 0.717) is 11.4 Å². The summed E-state index contributed by atoms with van der Waals surface area (Å²) < 4.78 is 5.74. The third-order valence-corrected chi connectivity index (χ3v) is 3.78. The Bertz CT molecular complexity index is 924. The van der Waals surface area contributed by atoms with Gasteiger partial charge in [-0.3, -0.25) is 9.59 Å². The van der Waals surface area contributed by atoms with Gasteiger partial charge in [0.05, 0.1) is 6.54 Å². The van der Waals surface area contributed by atoms with E-state index in [4.69, 9.17) is 4.74 Å². The molecule has 0 aromatic heterocycles. The average Bonchev–Trinajstić information content (AvgIpc) is 2.69. The van der Waals surface area contributed by atoms with Crippen molar-refractivity contribution >= 4 is 28.9 Å². The van der Waals surface area contributed by atoms with Crippen LogP contribution in [0.4, 0.5) is 17.1 Å². The van der Waals surface area contributed by atoms with Gasteiger partial charge in [0.15, 0.2) is 0 Å². The minimum atomic E-state index is -0.170. The minimum Gasteiger partial charge on any atom is -0.457 e. The molecule has 6 heteroatoms. The zero-order valence-electron chi connectivity index (χ0n) is 15.4. The van der Waals surface area contributed by atoms with Gasteiger partial charge in [-0.25, -0.2) is 0 Å². The molecule has 0 aliphatic heterocycles. The van der Waals surface area contributed by atoms with Crippen molar-refractivity contribution in [2.24, 2.45) is 0 Å². The summed E-state index contributed by atoms with van der Waals surface area (Å²) in [5, 5.41) is 8.54. The van der Waals surface area contributed by atoms with Crippen LogP contribution in [0.3, 0.4) is 0 Å². The van der Waals surface area contributed by atoms with Gasteiger partial charge >= 0.3 is 0 Å². The summed E-state index contributed by atoms with van der Waals surface area (Å²) in [4.78, 5) is 23.1. The van der Waals surface area contributed by atoms with E-state index in [1.54, 1.807) is 24.3 Å². The predicted octanol–water partition coefficient (Wildman–Crippen LogP) is 4.49. The highest BCUT2D eigenvalue weighted by Gasteiger charge is 2.04. The summed E-state index contributed by atoms with van der Waals surface area (Å²) in [6.45, 7) is 1.58. The third-order valence-electron chi connectivity index (χ3n) is 3.78. The molecule has 0 heterocycles. The number of para-hydroxylation sites is 1. The third kappa shape index (κ3) is 5.88. The molecule has 3 rings (SSSR count). The molecule has 6 nitrogen and oxygen atoms in total. The number of carbonyl (C=O) groups is 2. The van der Waals surface area contributed by atoms with Gasteiger partial charge in [-0.1, -0.05) is 18.2 Å². The van der Waals surface area contributed by atoms with Gasteiger partial charge in [-0.15, -0.1) is 0 Å². The first kappa shape index (κ1) is 19.0. The van der Waals surface area contributed by atoms with Crippen LogP contribution in [-0.2, 0) is 9.59 Å². The maximum atomic E-state index is 12.1. The summed E-state index contributed by atoms with van der Waals surface area (Å²) in [5.74, 6) is 1.19. The molecule has 0 radical (unpaired) electrons. The van der Waals surface area contributed by atoms with Gasteiger partial charge in [0, 0.05) is 24.0 Å². The monoisotopic (exact) mass is 375 g/mol. The van der Waals surface area contributed by atoms with Crippen LogP contribution in [0, 0.1) is 0 Å². The van der Waals surface area contributed by atoms with E-state index in [0.717, 1.165) is 17.2 Å². The number of nitrogens with one attached hydrogen (secondary N) is 3. The van der Waals surface area contributed by atoms with Crippen molar-refractivity contribution in [2.75, 3.05) is 22.5 Å². The van der Waals surface area contributed by atoms with Crippen molar-refractivity contribution in [1.29, 1.82) is 0 Å². The second kappa shape index (κ2) is 9.23. The minimum absolute atomic E-state index is 0.131. The molecule has 0 bridgehead atoms. The Morgan fingerprint density at radius 2 is 1.25 bits per heavy atom. The summed E-state index contributed by atoms with van der Waals surface area (Å²) in [6, 6.07) is 23.9. The van der Waals surface area contributed by atoms with E-state index in [1.807, 2.05) is 54.6 Å². The van der Waals surface area contributed by atoms with Crippen molar-refractivity contribution in [3.63, 3.8) is 0 Å². The Kier molecular flexibility index (Phi) is 6.25. The standard InChI is InChI=1S/C22H21N3O3/c1-16(26)24-18-7-9-19(10-8-18)25-22(27)15-23-17-11-13-21(14-12-17)28-20-5-3-2-4-6-20/h2-14,23H,15H2,1H3,(H,24,26)(H,25,27). The van der Waals surface area contributed by atoms with Crippen LogP contribution in [0.25, 0.3) is 0 Å². The molecule has 0 spiro atoms. The number of rotatable bonds is 7. The SMILES string of the molecule is CC(=O)Nc1ccc(NC(=O)CNc2ccc(Oc3ccccc3)cc2)cc1. The average molecular weight is 375 g/mol. The van der Waals surface area contributed by atoms with E-state index < -0.39 is 0 Å². The maximum absolute atomic E-state index is 12.1. The van der Waals surface area contributed by atoms with E-state index in [9.17, 15) is 9.59 Å². The highest BCUT2D eigenvalue weighted by Crippen LogP contribution is 2.22. The second-order valence-corrected chi connectivity index (χ2v) is 6.10. The van der Waals surface area contributed by atoms with Crippen LogP contribution >= 0.6 is 0 Å². The first-order valence-electron chi connectivity index (χ1n) is 8.83. The topological polar surface area (TPSA) is 79.5 Å². The van der Waals surface area contributed by atoms with Crippen LogP contribution in [0.5, 0.6) is 11.5 Å². The molecule has 0 unspecified atom stereocenters. The van der Waals surface area contributed by atoms with Crippen molar-refractivity contribution in [1.82, 2.24) is 0 Å². The number of carbonyl (C=O) groups excluding carboxylic acids is 2. The van der Waals surface area contributed by atoms with Gasteiger partial charge in [0.25, 0.3) is 0 Å². The van der Waals surface area contributed by atoms with Crippen LogP contribution < -0.4 is 20.7 Å². The first-order valence-corrected chi connectivity index (χ1v) is 8.83. The highest BCUT2D eigenvalue weighted by molar-refractivity contribution is 5.94. The fourth-order valence-electron chi connectivity index (χ4n) is 2.49. The first-order chi connectivity index (χ1) is 13.6. The number of hydrogen-bond acceptors (Lipinski definition) is 4. The van der Waals surface area contributed by atoms with Crippen LogP contribution in [0.2, 0.25) is 0 Å². The Morgan fingerprint density at radius 1 is 0.714 bits per heavy atom. The smallest absolute Gasteiger partial charge is 0.243 e. The molecular formula is C22H21N3O3. The molecular weight excluding hydrogens is 354 g/mol. The zero-order valence-corrected chi connectivity index (χ0v) is 15.4. The Balaban J connectivity index is 1.47. The van der Waals surface area contributed by atoms with Gasteiger partial charge in [-0.2, -0.15) is 0 Å². The van der Waals surface area contributed by atoms with Gasteiger partial charge < -0.3 is 20.7 Å². The van der Waals surface area contributed by atoms with Crippen LogP contribution in [-0.4, -0.2) is 18.4 Å². The van der Waals surface area contributed by atoms with Crippen LogP contribution in [0.1, 0.15) is 6.92 Å². The lowest BCUT2D eigenvalue weighted by Gasteiger charge is -2.10. The number of ether oxygens (including phenoxy) is 1. The summed E-state index contributed by atoms with van der Waals surface area (Å²) in [6.07, 6.45) is 0. The fourth-order valence-corrected chi connectivity index (χ4v) is 2.49. The Labute approximate surface area is 163 Å². The van der Waals surface area contributed by atoms with Crippen LogP contribution in [0.15, 0.2) is 78.9 Å². The van der Waals surface area contributed by atoms with Crippen molar-refractivity contribution in [3.05, 3.63) is 78.9 Å². The Morgan fingerprint density at radius 3 is 1.86 bits per heavy atom. The number of anilines is 3. The number of amides is 2. The molecule has 142 valence electrons. The lowest BCUT2D eigenvalue weighted by molar-refractivity contribution is -0.115. The highest BCUT2D eigenvalue weighted by atomic mass is 16.5. The zero-order chi connectivity index (χ0) is 19.8. The summed E-state index contributed by atoms with van der Waals surface area (Å²) in [5.41, 5.74) is 2.16. The van der Waals surface area contributed by atoms with Gasteiger partial charge in [0.1, 0.15) is 11.5 Å². The van der Waals surface area contributed by atoms with E-state index >= 15 is 0 Å². The molecule has 0 aliphatic rings. The molecule has 0 aliphatic carbocycles. The fraction of sp³-hybridized carbons (Fsp3) is 0.0909. The second-order valence-electron chi connectivity index (χ2n) is 6.10. The van der Waals surface area contributed by atoms with Crippen molar-refractivity contribution < 1.29 is 14.3 Å². The van der Waals surface area contributed by atoms with Gasteiger partial charge in [0.2, 0.25) is 11.8 Å². The molecule has 0 atom stereocenters. The van der Waals surface area contributed by atoms with E-state index in [-0.39, 0.29) is 18.4 Å². The molecule has 2 amide bonds. The molecule has 0 fully saturated rings.